The fraction of sp³-hybridized carbons (Fsp3) is 0.815. The molecule has 3 rings (SSSR count). The standard InChI is InChI=1S/C27H43NO5/c1-16(2)20-9-7-18(5)13-24(20)32-26(30)22-15-28(12-11-23(22)29)27(31)33-25-14-19(6)8-10-21(25)17(3)4/h15-21,24-25H,7-14H2,1-6H3/t18-,19-,20+,21+,24-,25-/m0/s1. The molecule has 0 saturated heterocycles. The second-order valence-electron chi connectivity index (χ2n) is 11.4. The Morgan fingerprint density at radius 3 is 1.91 bits per heavy atom. The molecule has 6 nitrogen and oxygen atoms in total. The summed E-state index contributed by atoms with van der Waals surface area (Å²) in [5.41, 5.74) is -0.0312. The van der Waals surface area contributed by atoms with Gasteiger partial charge in [0.05, 0.1) is 0 Å². The van der Waals surface area contributed by atoms with E-state index >= 15 is 0 Å². The molecule has 0 radical (unpaired) electrons. The molecule has 0 unspecified atom stereocenters. The minimum Gasteiger partial charge on any atom is -0.458 e. The van der Waals surface area contributed by atoms with Crippen LogP contribution in [0.1, 0.15) is 86.5 Å². The van der Waals surface area contributed by atoms with E-state index in [-0.39, 0.29) is 36.5 Å². The van der Waals surface area contributed by atoms with Crippen LogP contribution >= 0.6 is 0 Å². The molecule has 0 aromatic heterocycles. The van der Waals surface area contributed by atoms with Gasteiger partial charge in [-0.15, -0.1) is 0 Å². The SMILES string of the molecule is CC(C)[C@H]1CC[C@H](C)C[C@@H]1OC(=O)C1=CN(C(=O)O[C@H]2C[C@@H](C)CC[C@@H]2C(C)C)CCC1=O. The summed E-state index contributed by atoms with van der Waals surface area (Å²) in [4.78, 5) is 39.9. The van der Waals surface area contributed by atoms with Gasteiger partial charge in [-0.3, -0.25) is 9.69 Å². The highest BCUT2D eigenvalue weighted by molar-refractivity contribution is 6.18. The zero-order valence-corrected chi connectivity index (χ0v) is 21.3. The number of rotatable bonds is 5. The molecule has 1 heterocycles. The predicted molar refractivity (Wildman–Crippen MR) is 127 cm³/mol. The number of hydrogen-bond acceptors (Lipinski definition) is 5. The summed E-state index contributed by atoms with van der Waals surface area (Å²) >= 11 is 0. The number of esters is 1. The van der Waals surface area contributed by atoms with Crippen LogP contribution in [0.25, 0.3) is 0 Å². The van der Waals surface area contributed by atoms with Gasteiger partial charge in [-0.25, -0.2) is 9.59 Å². The Bertz CT molecular complexity index is 758. The Balaban J connectivity index is 1.69. The maximum absolute atomic E-state index is 13.0. The first-order chi connectivity index (χ1) is 15.6. The van der Waals surface area contributed by atoms with E-state index in [0.717, 1.165) is 38.5 Å². The smallest absolute Gasteiger partial charge is 0.414 e. The van der Waals surface area contributed by atoms with E-state index in [1.165, 1.54) is 11.1 Å². The predicted octanol–water partition coefficient (Wildman–Crippen LogP) is 5.75. The summed E-state index contributed by atoms with van der Waals surface area (Å²) in [6.45, 7) is 13.3. The monoisotopic (exact) mass is 461 g/mol. The number of carbonyl (C=O) groups is 3. The molecule has 3 aliphatic rings. The first kappa shape index (κ1) is 25.8. The second kappa shape index (κ2) is 11.1. The molecule has 2 saturated carbocycles. The maximum atomic E-state index is 13.0. The maximum Gasteiger partial charge on any atom is 0.414 e. The van der Waals surface area contributed by atoms with Gasteiger partial charge in [-0.1, -0.05) is 54.4 Å². The molecule has 6 atom stereocenters. The molecule has 2 fully saturated rings. The number of carbonyl (C=O) groups excluding carboxylic acids is 3. The first-order valence-electron chi connectivity index (χ1n) is 13.0. The van der Waals surface area contributed by atoms with E-state index in [4.69, 9.17) is 9.47 Å². The molecule has 0 N–H and O–H groups in total. The van der Waals surface area contributed by atoms with Crippen molar-refractivity contribution in [2.45, 2.75) is 98.7 Å². The van der Waals surface area contributed by atoms with E-state index in [1.807, 2.05) is 0 Å². The summed E-state index contributed by atoms with van der Waals surface area (Å²) in [5.74, 6) is 1.63. The van der Waals surface area contributed by atoms with Crippen molar-refractivity contribution in [3.8, 4) is 0 Å². The van der Waals surface area contributed by atoms with Gasteiger partial charge in [0, 0.05) is 19.2 Å². The fourth-order valence-electron chi connectivity index (χ4n) is 5.86. The van der Waals surface area contributed by atoms with Crippen LogP contribution in [0.15, 0.2) is 11.8 Å². The molecule has 0 spiro atoms. The molecule has 1 amide bonds. The summed E-state index contributed by atoms with van der Waals surface area (Å²) < 4.78 is 11.8. The van der Waals surface area contributed by atoms with Gasteiger partial charge in [0.25, 0.3) is 0 Å². The zero-order chi connectivity index (χ0) is 24.3. The van der Waals surface area contributed by atoms with Crippen LogP contribution < -0.4 is 0 Å². The lowest BCUT2D eigenvalue weighted by Crippen LogP contribution is -2.42. The minimum atomic E-state index is -0.603. The molecule has 0 aromatic carbocycles. The second-order valence-corrected chi connectivity index (χ2v) is 11.4. The van der Waals surface area contributed by atoms with Crippen molar-refractivity contribution >= 4 is 17.8 Å². The molecular formula is C27H43NO5. The lowest BCUT2D eigenvalue weighted by molar-refractivity contribution is -0.152. The third-order valence-corrected chi connectivity index (χ3v) is 8.05. The highest BCUT2D eigenvalue weighted by atomic mass is 16.6. The molecule has 0 bridgehead atoms. The highest BCUT2D eigenvalue weighted by Crippen LogP contribution is 2.37. The van der Waals surface area contributed by atoms with Crippen molar-refractivity contribution < 1.29 is 23.9 Å². The van der Waals surface area contributed by atoms with Gasteiger partial charge in [0.15, 0.2) is 5.78 Å². The normalized spacial score (nSPS) is 33.2. The fourth-order valence-corrected chi connectivity index (χ4v) is 5.86. The largest absolute Gasteiger partial charge is 0.458 e. The van der Waals surface area contributed by atoms with Crippen LogP contribution in [-0.4, -0.2) is 41.5 Å². The Hall–Kier alpha value is -1.85. The summed E-state index contributed by atoms with van der Waals surface area (Å²) in [5, 5.41) is 0. The Morgan fingerprint density at radius 1 is 0.879 bits per heavy atom. The Morgan fingerprint density at radius 2 is 1.39 bits per heavy atom. The first-order valence-corrected chi connectivity index (χ1v) is 13.0. The quantitative estimate of drug-likeness (QED) is 0.385. The van der Waals surface area contributed by atoms with Crippen LogP contribution in [-0.2, 0) is 19.1 Å². The summed E-state index contributed by atoms with van der Waals surface area (Å²) in [7, 11) is 0. The third-order valence-electron chi connectivity index (χ3n) is 8.05. The topological polar surface area (TPSA) is 72.9 Å². The van der Waals surface area contributed by atoms with E-state index in [2.05, 4.69) is 41.5 Å². The van der Waals surface area contributed by atoms with Gasteiger partial charge >= 0.3 is 12.1 Å². The van der Waals surface area contributed by atoms with Crippen LogP contribution in [0.5, 0.6) is 0 Å². The number of Topliss-reactive ketones (excluding diaryl/α,β-unsaturated/α-hetero) is 1. The van der Waals surface area contributed by atoms with Gasteiger partial charge in [0.1, 0.15) is 17.8 Å². The summed E-state index contributed by atoms with van der Waals surface area (Å²) in [6, 6.07) is 0. The molecular weight excluding hydrogens is 418 g/mol. The Kier molecular flexibility index (Phi) is 8.63. The highest BCUT2D eigenvalue weighted by Gasteiger charge is 2.38. The number of nitrogens with zero attached hydrogens (tertiary/aromatic N) is 1. The number of hydrogen-bond donors (Lipinski definition) is 0. The van der Waals surface area contributed by atoms with E-state index in [9.17, 15) is 14.4 Å². The average Bonchev–Trinajstić information content (AvgIpc) is 2.73. The zero-order valence-electron chi connectivity index (χ0n) is 21.3. The van der Waals surface area contributed by atoms with Gasteiger partial charge in [-0.05, 0) is 61.2 Å². The molecule has 2 aliphatic carbocycles. The van der Waals surface area contributed by atoms with E-state index in [0.29, 0.717) is 35.5 Å². The van der Waals surface area contributed by atoms with Crippen molar-refractivity contribution in [3.63, 3.8) is 0 Å². The van der Waals surface area contributed by atoms with Crippen molar-refractivity contribution in [2.24, 2.45) is 35.5 Å². The van der Waals surface area contributed by atoms with Crippen molar-refractivity contribution in [2.75, 3.05) is 6.54 Å². The number of ether oxygens (including phenoxy) is 2. The Labute approximate surface area is 199 Å². The lowest BCUT2D eigenvalue weighted by Gasteiger charge is -2.38. The molecule has 6 heteroatoms. The van der Waals surface area contributed by atoms with E-state index in [1.54, 1.807) is 0 Å². The minimum absolute atomic E-state index is 0.0312. The van der Waals surface area contributed by atoms with Crippen LogP contribution in [0.3, 0.4) is 0 Å². The van der Waals surface area contributed by atoms with Crippen LogP contribution in [0.4, 0.5) is 4.79 Å². The molecule has 1 aliphatic heterocycles. The lowest BCUT2D eigenvalue weighted by atomic mass is 9.75. The van der Waals surface area contributed by atoms with Crippen molar-refractivity contribution in [3.05, 3.63) is 11.8 Å². The molecule has 0 aromatic rings. The average molecular weight is 462 g/mol. The van der Waals surface area contributed by atoms with Crippen LogP contribution in [0, 0.1) is 35.5 Å². The molecule has 33 heavy (non-hydrogen) atoms. The van der Waals surface area contributed by atoms with Crippen molar-refractivity contribution in [1.29, 1.82) is 0 Å². The van der Waals surface area contributed by atoms with Crippen LogP contribution in [0.2, 0.25) is 0 Å². The third kappa shape index (κ3) is 6.39. The number of ketones is 1. The number of amides is 1. The van der Waals surface area contributed by atoms with Gasteiger partial charge in [0.2, 0.25) is 0 Å². The van der Waals surface area contributed by atoms with Gasteiger partial charge in [-0.2, -0.15) is 0 Å². The van der Waals surface area contributed by atoms with E-state index < -0.39 is 12.1 Å². The van der Waals surface area contributed by atoms with Gasteiger partial charge < -0.3 is 9.47 Å². The summed E-state index contributed by atoms with van der Waals surface area (Å²) in [6.07, 6.45) is 6.74. The molecule has 186 valence electrons. The van der Waals surface area contributed by atoms with Crippen molar-refractivity contribution in [1.82, 2.24) is 4.90 Å².